The average molecular weight is 198 g/mol. The highest BCUT2D eigenvalue weighted by molar-refractivity contribution is 6.00. The molecule has 0 aromatic carbocycles. The number of carbonyl (C=O) groups is 3. The van der Waals surface area contributed by atoms with E-state index in [0.717, 1.165) is 12.8 Å². The first-order valence-corrected chi connectivity index (χ1v) is 4.47. The molecule has 4 nitrogen and oxygen atoms in total. The van der Waals surface area contributed by atoms with Crippen molar-refractivity contribution >= 4 is 17.7 Å². The number of ketones is 1. The summed E-state index contributed by atoms with van der Waals surface area (Å²) in [4.78, 5) is 32.1. The molecular formula is C10H14O4. The Kier molecular flexibility index (Phi) is 6.28. The standard InChI is InChI=1S/C10H14O4/c1-3-4-5-6-9(12)14-10(13)7-8(2)11/h5-6H,3-4,7H2,1-2H3. The molecule has 0 amide bonds. The van der Waals surface area contributed by atoms with Gasteiger partial charge in [0.2, 0.25) is 0 Å². The van der Waals surface area contributed by atoms with E-state index in [1.807, 2.05) is 6.92 Å². The number of rotatable bonds is 5. The van der Waals surface area contributed by atoms with Crippen molar-refractivity contribution in [1.29, 1.82) is 0 Å². The smallest absolute Gasteiger partial charge is 0.338 e. The van der Waals surface area contributed by atoms with Crippen LogP contribution in [0, 0.1) is 0 Å². The zero-order chi connectivity index (χ0) is 11.0. The van der Waals surface area contributed by atoms with Crippen LogP contribution in [0.3, 0.4) is 0 Å². The van der Waals surface area contributed by atoms with Crippen molar-refractivity contribution in [2.75, 3.05) is 0 Å². The number of esters is 2. The molecule has 0 fully saturated rings. The number of hydrogen-bond acceptors (Lipinski definition) is 4. The Balaban J connectivity index is 3.82. The van der Waals surface area contributed by atoms with Gasteiger partial charge in [-0.25, -0.2) is 4.79 Å². The van der Waals surface area contributed by atoms with Crippen LogP contribution in [-0.4, -0.2) is 17.7 Å². The Labute approximate surface area is 82.9 Å². The van der Waals surface area contributed by atoms with Gasteiger partial charge in [-0.15, -0.1) is 0 Å². The van der Waals surface area contributed by atoms with Crippen LogP contribution in [0.25, 0.3) is 0 Å². The van der Waals surface area contributed by atoms with Crippen molar-refractivity contribution in [3.8, 4) is 0 Å². The Bertz CT molecular complexity index is 253. The normalized spacial score (nSPS) is 10.1. The molecule has 0 aliphatic rings. The maximum Gasteiger partial charge on any atom is 0.338 e. The number of allylic oxidation sites excluding steroid dienone is 1. The molecule has 0 bridgehead atoms. The van der Waals surface area contributed by atoms with Gasteiger partial charge in [-0.3, -0.25) is 9.59 Å². The van der Waals surface area contributed by atoms with E-state index in [1.165, 1.54) is 13.0 Å². The molecule has 0 aliphatic heterocycles. The fraction of sp³-hybridized carbons (Fsp3) is 0.500. The third-order valence-corrected chi connectivity index (χ3v) is 1.32. The highest BCUT2D eigenvalue weighted by Crippen LogP contribution is 1.93. The fourth-order valence-corrected chi connectivity index (χ4v) is 0.732. The third-order valence-electron chi connectivity index (χ3n) is 1.32. The topological polar surface area (TPSA) is 60.4 Å². The summed E-state index contributed by atoms with van der Waals surface area (Å²) in [6, 6.07) is 0. The molecule has 0 unspecified atom stereocenters. The van der Waals surface area contributed by atoms with Crippen LogP contribution >= 0.6 is 0 Å². The van der Waals surface area contributed by atoms with Crippen LogP contribution in [-0.2, 0) is 19.1 Å². The summed E-state index contributed by atoms with van der Waals surface area (Å²) in [5.74, 6) is -1.84. The van der Waals surface area contributed by atoms with E-state index in [2.05, 4.69) is 4.74 Å². The minimum atomic E-state index is -0.802. The molecule has 0 N–H and O–H groups in total. The van der Waals surface area contributed by atoms with Crippen LogP contribution in [0.1, 0.15) is 33.1 Å². The second-order valence-corrected chi connectivity index (χ2v) is 2.86. The molecule has 4 heteroatoms. The second-order valence-electron chi connectivity index (χ2n) is 2.86. The molecule has 0 spiro atoms. The van der Waals surface area contributed by atoms with Crippen LogP contribution in [0.2, 0.25) is 0 Å². The van der Waals surface area contributed by atoms with Crippen molar-refractivity contribution in [1.82, 2.24) is 0 Å². The molecule has 0 aliphatic carbocycles. The predicted molar refractivity (Wildman–Crippen MR) is 50.4 cm³/mol. The number of Topliss-reactive ketones (excluding diaryl/α,β-unsaturated/α-hetero) is 1. The SMILES string of the molecule is CCCC=CC(=O)OC(=O)CC(C)=O. The summed E-state index contributed by atoms with van der Waals surface area (Å²) in [7, 11) is 0. The third kappa shape index (κ3) is 7.21. The Hall–Kier alpha value is -1.45. The lowest BCUT2D eigenvalue weighted by atomic mass is 10.3. The summed E-state index contributed by atoms with van der Waals surface area (Å²) >= 11 is 0. The number of ether oxygens (including phenoxy) is 1. The first kappa shape index (κ1) is 12.6. The van der Waals surface area contributed by atoms with Crippen LogP contribution < -0.4 is 0 Å². The van der Waals surface area contributed by atoms with Gasteiger partial charge >= 0.3 is 11.9 Å². The number of unbranched alkanes of at least 4 members (excludes halogenated alkanes) is 1. The van der Waals surface area contributed by atoms with E-state index in [9.17, 15) is 14.4 Å². The molecular weight excluding hydrogens is 184 g/mol. The van der Waals surface area contributed by atoms with Gasteiger partial charge in [0, 0.05) is 6.08 Å². The monoisotopic (exact) mass is 198 g/mol. The Morgan fingerprint density at radius 1 is 1.29 bits per heavy atom. The second kappa shape index (κ2) is 7.00. The van der Waals surface area contributed by atoms with Gasteiger partial charge in [0.05, 0.1) is 0 Å². The van der Waals surface area contributed by atoms with E-state index in [1.54, 1.807) is 6.08 Å². The van der Waals surface area contributed by atoms with Gasteiger partial charge < -0.3 is 4.74 Å². The van der Waals surface area contributed by atoms with Crippen molar-refractivity contribution < 1.29 is 19.1 Å². The summed E-state index contributed by atoms with van der Waals surface area (Å²) in [6.45, 7) is 3.23. The molecule has 0 aromatic heterocycles. The highest BCUT2D eigenvalue weighted by Gasteiger charge is 2.09. The number of hydrogen-bond donors (Lipinski definition) is 0. The van der Waals surface area contributed by atoms with Crippen molar-refractivity contribution in [3.05, 3.63) is 12.2 Å². The molecule has 0 radical (unpaired) electrons. The van der Waals surface area contributed by atoms with Crippen LogP contribution in [0.4, 0.5) is 0 Å². The minimum Gasteiger partial charge on any atom is -0.390 e. The van der Waals surface area contributed by atoms with Crippen molar-refractivity contribution in [3.63, 3.8) is 0 Å². The predicted octanol–water partition coefficient (Wildman–Crippen LogP) is 1.39. The molecule has 0 saturated heterocycles. The summed E-state index contributed by atoms with van der Waals surface area (Å²) in [5.41, 5.74) is 0. The molecule has 0 aromatic rings. The minimum absolute atomic E-state index is 0.319. The first-order valence-electron chi connectivity index (χ1n) is 4.47. The fourth-order valence-electron chi connectivity index (χ4n) is 0.732. The van der Waals surface area contributed by atoms with Gasteiger partial charge in [0.1, 0.15) is 12.2 Å². The molecule has 0 atom stereocenters. The van der Waals surface area contributed by atoms with Gasteiger partial charge in [0.25, 0.3) is 0 Å². The van der Waals surface area contributed by atoms with E-state index in [-0.39, 0.29) is 12.2 Å². The van der Waals surface area contributed by atoms with E-state index in [0.29, 0.717) is 0 Å². The number of carbonyl (C=O) groups excluding carboxylic acids is 3. The molecule has 14 heavy (non-hydrogen) atoms. The van der Waals surface area contributed by atoms with E-state index in [4.69, 9.17) is 0 Å². The lowest BCUT2D eigenvalue weighted by Gasteiger charge is -1.96. The molecule has 0 saturated carbocycles. The molecule has 0 heterocycles. The molecule has 78 valence electrons. The zero-order valence-electron chi connectivity index (χ0n) is 8.41. The van der Waals surface area contributed by atoms with Gasteiger partial charge in [-0.2, -0.15) is 0 Å². The van der Waals surface area contributed by atoms with E-state index < -0.39 is 11.9 Å². The average Bonchev–Trinajstić information content (AvgIpc) is 2.02. The summed E-state index contributed by atoms with van der Waals surface area (Å²) in [6.07, 6.45) is 4.15. The zero-order valence-corrected chi connectivity index (χ0v) is 8.41. The maximum absolute atomic E-state index is 10.9. The van der Waals surface area contributed by atoms with Crippen molar-refractivity contribution in [2.24, 2.45) is 0 Å². The summed E-state index contributed by atoms with van der Waals surface area (Å²) < 4.78 is 4.32. The summed E-state index contributed by atoms with van der Waals surface area (Å²) in [5, 5.41) is 0. The van der Waals surface area contributed by atoms with Gasteiger partial charge in [-0.1, -0.05) is 19.4 Å². The van der Waals surface area contributed by atoms with Crippen LogP contribution in [0.15, 0.2) is 12.2 Å². The quantitative estimate of drug-likeness (QED) is 0.380. The largest absolute Gasteiger partial charge is 0.390 e. The van der Waals surface area contributed by atoms with E-state index >= 15 is 0 Å². The molecule has 0 rings (SSSR count). The van der Waals surface area contributed by atoms with Crippen molar-refractivity contribution in [2.45, 2.75) is 33.1 Å². The lowest BCUT2D eigenvalue weighted by Crippen LogP contribution is -2.12. The van der Waals surface area contributed by atoms with Gasteiger partial charge in [0.15, 0.2) is 0 Å². The Morgan fingerprint density at radius 2 is 1.93 bits per heavy atom. The lowest BCUT2D eigenvalue weighted by molar-refractivity contribution is -0.156. The first-order chi connectivity index (χ1) is 6.56. The highest BCUT2D eigenvalue weighted by atomic mass is 16.6. The Morgan fingerprint density at radius 3 is 2.43 bits per heavy atom. The van der Waals surface area contributed by atoms with Gasteiger partial charge in [-0.05, 0) is 13.3 Å². The maximum atomic E-state index is 10.9. The van der Waals surface area contributed by atoms with Crippen LogP contribution in [0.5, 0.6) is 0 Å².